The van der Waals surface area contributed by atoms with Gasteiger partial charge in [-0.15, -0.1) is 0 Å². The van der Waals surface area contributed by atoms with E-state index in [9.17, 15) is 0 Å². The Kier molecular flexibility index (Phi) is 5.01. The average molecular weight is 530 g/mol. The van der Waals surface area contributed by atoms with Crippen LogP contribution in [0, 0.1) is 10.8 Å². The van der Waals surface area contributed by atoms with E-state index in [1.165, 1.54) is 0 Å². The van der Waals surface area contributed by atoms with Gasteiger partial charge in [-0.25, -0.2) is 9.97 Å². The van der Waals surface area contributed by atoms with Crippen LogP contribution in [0.5, 0.6) is 0 Å². The van der Waals surface area contributed by atoms with Gasteiger partial charge in [0.25, 0.3) is 0 Å². The van der Waals surface area contributed by atoms with Gasteiger partial charge in [-0.2, -0.15) is 0 Å². The third-order valence-electron chi connectivity index (χ3n) is 7.00. The summed E-state index contributed by atoms with van der Waals surface area (Å²) in [4.78, 5) is 20.8. The summed E-state index contributed by atoms with van der Waals surface area (Å²) in [7, 11) is 2.08. The van der Waals surface area contributed by atoms with Crippen LogP contribution in [0.3, 0.4) is 0 Å². The fourth-order valence-corrected chi connectivity index (χ4v) is 6.14. The number of nitrogens with two attached hydrogens (primary N) is 2. The predicted octanol–water partition coefficient (Wildman–Crippen LogP) is 5.57. The zero-order valence-electron chi connectivity index (χ0n) is 20.8. The summed E-state index contributed by atoms with van der Waals surface area (Å²) >= 11 is 1.72. The van der Waals surface area contributed by atoms with Gasteiger partial charge in [0.2, 0.25) is 0 Å². The Morgan fingerprint density at radius 1 is 0.692 bits per heavy atom. The monoisotopic (exact) mass is 529 g/mol. The number of hydrogen-bond donors (Lipinski definition) is 6. The van der Waals surface area contributed by atoms with E-state index in [1.807, 2.05) is 36.4 Å². The van der Waals surface area contributed by atoms with Crippen molar-refractivity contribution in [1.29, 1.82) is 10.8 Å². The lowest BCUT2D eigenvalue weighted by molar-refractivity contribution is 1.11. The molecule has 0 aliphatic carbocycles. The summed E-state index contributed by atoms with van der Waals surface area (Å²) in [6.45, 7) is 0. The Bertz CT molecular complexity index is 1840. The van der Waals surface area contributed by atoms with Crippen molar-refractivity contribution < 1.29 is 0 Å². The van der Waals surface area contributed by atoms with Crippen LogP contribution in [-0.2, 0) is 0 Å². The fraction of sp³-hybridized carbons (Fsp3) is 0.0345. The predicted molar refractivity (Wildman–Crippen MR) is 157 cm³/mol. The van der Waals surface area contributed by atoms with E-state index in [-0.39, 0.29) is 11.7 Å². The number of anilines is 2. The van der Waals surface area contributed by atoms with Gasteiger partial charge in [0.1, 0.15) is 23.3 Å². The van der Waals surface area contributed by atoms with Crippen molar-refractivity contribution >= 4 is 56.9 Å². The topological polar surface area (TPSA) is 160 Å². The molecule has 1 aliphatic heterocycles. The number of rotatable bonds is 4. The van der Waals surface area contributed by atoms with Gasteiger partial charge in [0, 0.05) is 39.1 Å². The molecule has 8 N–H and O–H groups in total. The maximum absolute atomic E-state index is 7.70. The molecule has 0 atom stereocenters. The molecule has 0 unspecified atom stereocenters. The summed E-state index contributed by atoms with van der Waals surface area (Å²) in [5.74, 6) is 1.58. The van der Waals surface area contributed by atoms with Crippen LogP contribution >= 0.6 is 11.8 Å². The molecule has 0 fully saturated rings. The van der Waals surface area contributed by atoms with Gasteiger partial charge in [-0.05, 0) is 72.8 Å². The van der Waals surface area contributed by atoms with Crippen LogP contribution in [0.4, 0.5) is 11.4 Å². The minimum Gasteiger partial charge on any atom is -0.384 e. The molecule has 10 heteroatoms. The van der Waals surface area contributed by atoms with Gasteiger partial charge in [-0.3, -0.25) is 10.8 Å². The molecule has 2 aromatic heterocycles. The number of imidazole rings is 2. The second kappa shape index (κ2) is 8.47. The molecule has 0 spiro atoms. The Morgan fingerprint density at radius 2 is 1.15 bits per heavy atom. The molecule has 0 saturated heterocycles. The average Bonchev–Trinajstić information content (AvgIpc) is 3.56. The second-order valence-corrected chi connectivity index (χ2v) is 10.6. The lowest BCUT2D eigenvalue weighted by Gasteiger charge is -2.30. The normalized spacial score (nSPS) is 12.5. The molecule has 1 aliphatic rings. The van der Waals surface area contributed by atoms with Crippen LogP contribution in [0.1, 0.15) is 11.1 Å². The summed E-state index contributed by atoms with van der Waals surface area (Å²) in [6.07, 6.45) is 0. The highest BCUT2D eigenvalue weighted by Crippen LogP contribution is 2.49. The number of hydrogen-bond acceptors (Lipinski definition) is 6. The largest absolute Gasteiger partial charge is 0.384 e. The van der Waals surface area contributed by atoms with Gasteiger partial charge >= 0.3 is 0 Å². The first-order valence-corrected chi connectivity index (χ1v) is 13.0. The fourth-order valence-electron chi connectivity index (χ4n) is 4.91. The third-order valence-corrected chi connectivity index (χ3v) is 8.09. The van der Waals surface area contributed by atoms with Gasteiger partial charge in [0.05, 0.1) is 33.4 Å². The quantitative estimate of drug-likeness (QED) is 0.129. The molecular formula is C29H23N9S. The minimum absolute atomic E-state index is 0.0242. The first kappa shape index (κ1) is 23.1. The van der Waals surface area contributed by atoms with E-state index in [4.69, 9.17) is 32.3 Å². The summed E-state index contributed by atoms with van der Waals surface area (Å²) in [5.41, 5.74) is 20.2. The number of nitrogen functional groups attached to an aromatic ring is 2. The lowest BCUT2D eigenvalue weighted by Crippen LogP contribution is -2.14. The maximum Gasteiger partial charge on any atom is 0.138 e. The molecule has 39 heavy (non-hydrogen) atoms. The number of nitrogens with one attached hydrogen (secondary N) is 4. The molecule has 9 nitrogen and oxygen atoms in total. The molecule has 190 valence electrons. The first-order valence-electron chi connectivity index (χ1n) is 12.2. The Morgan fingerprint density at radius 3 is 1.59 bits per heavy atom. The van der Waals surface area contributed by atoms with Crippen molar-refractivity contribution in [2.75, 3.05) is 11.9 Å². The van der Waals surface area contributed by atoms with Crippen LogP contribution in [0.25, 0.3) is 44.8 Å². The summed E-state index contributed by atoms with van der Waals surface area (Å²) in [6, 6.07) is 23.8. The number of nitrogens with zero attached hydrogens (tertiary/aromatic N) is 3. The number of H-pyrrole nitrogens is 2. The highest BCUT2D eigenvalue weighted by molar-refractivity contribution is 7.99. The third kappa shape index (κ3) is 3.80. The van der Waals surface area contributed by atoms with Gasteiger partial charge < -0.3 is 26.3 Å². The summed E-state index contributed by atoms with van der Waals surface area (Å²) in [5, 5.41) is 15.4. The smallest absolute Gasteiger partial charge is 0.138 e. The van der Waals surface area contributed by atoms with Crippen molar-refractivity contribution in [3.63, 3.8) is 0 Å². The number of aromatic amines is 2. The highest BCUT2D eigenvalue weighted by atomic mass is 32.2. The van der Waals surface area contributed by atoms with Crippen molar-refractivity contribution in [2.24, 2.45) is 11.5 Å². The number of amidine groups is 2. The minimum atomic E-state index is 0.0242. The number of fused-ring (bicyclic) bond motifs is 4. The van der Waals surface area contributed by atoms with Crippen LogP contribution < -0.4 is 16.4 Å². The first-order chi connectivity index (χ1) is 18.8. The molecular weight excluding hydrogens is 506 g/mol. The van der Waals surface area contributed by atoms with Crippen LogP contribution in [0.2, 0.25) is 0 Å². The lowest BCUT2D eigenvalue weighted by atomic mass is 10.1. The number of benzene rings is 4. The van der Waals surface area contributed by atoms with E-state index in [2.05, 4.69) is 58.3 Å². The Labute approximate surface area is 227 Å². The van der Waals surface area contributed by atoms with Crippen molar-refractivity contribution in [3.8, 4) is 22.8 Å². The highest BCUT2D eigenvalue weighted by Gasteiger charge is 2.23. The SMILES string of the molecule is CN1c2ccc(-c3nc4cc(C(=N)N)ccc4[nH]3)cc2Sc2cc(-c3nc4cc(C(=N)N)ccc4[nH]3)ccc21. The Balaban J connectivity index is 1.24. The molecule has 0 saturated carbocycles. The number of aromatic nitrogens is 4. The van der Waals surface area contributed by atoms with E-state index in [1.54, 1.807) is 11.8 Å². The van der Waals surface area contributed by atoms with E-state index in [0.29, 0.717) is 11.1 Å². The van der Waals surface area contributed by atoms with Gasteiger partial charge in [-0.1, -0.05) is 11.8 Å². The van der Waals surface area contributed by atoms with E-state index < -0.39 is 0 Å². The Hall–Kier alpha value is -5.09. The molecule has 7 rings (SSSR count). The zero-order valence-corrected chi connectivity index (χ0v) is 21.6. The second-order valence-electron chi connectivity index (χ2n) is 9.49. The van der Waals surface area contributed by atoms with Crippen LogP contribution in [-0.4, -0.2) is 38.7 Å². The molecule has 0 bridgehead atoms. The van der Waals surface area contributed by atoms with Gasteiger partial charge in [0.15, 0.2) is 0 Å². The van der Waals surface area contributed by atoms with E-state index >= 15 is 0 Å². The molecule has 0 amide bonds. The van der Waals surface area contributed by atoms with Crippen molar-refractivity contribution in [1.82, 2.24) is 19.9 Å². The van der Waals surface area contributed by atoms with Crippen LogP contribution in [0.15, 0.2) is 82.6 Å². The molecule has 6 aromatic rings. The molecule has 4 aromatic carbocycles. The maximum atomic E-state index is 7.70. The van der Waals surface area contributed by atoms with E-state index in [0.717, 1.165) is 66.0 Å². The summed E-state index contributed by atoms with van der Waals surface area (Å²) < 4.78 is 0. The zero-order chi connectivity index (χ0) is 26.8. The van der Waals surface area contributed by atoms with Crippen molar-refractivity contribution in [3.05, 3.63) is 83.9 Å². The molecule has 3 heterocycles. The standard InChI is InChI=1S/C29H23N9S/c1-38-22-8-4-16(28-34-18-6-2-14(26(30)31)10-20(18)36-28)12-24(22)39-25-13-17(5-9-23(25)38)29-35-19-7-3-15(27(32)33)11-21(19)37-29/h2-13H,1H3,(H3,30,31)(H3,32,33)(H,34,36)(H,35,37). The molecule has 0 radical (unpaired) electrons. The van der Waals surface area contributed by atoms with Crippen molar-refractivity contribution in [2.45, 2.75) is 9.79 Å².